The van der Waals surface area contributed by atoms with Crippen molar-refractivity contribution in [2.24, 2.45) is 0 Å². The van der Waals surface area contributed by atoms with Crippen LogP contribution in [0.3, 0.4) is 0 Å². The van der Waals surface area contributed by atoms with Crippen LogP contribution in [0.25, 0.3) is 0 Å². The van der Waals surface area contributed by atoms with Crippen molar-refractivity contribution in [3.8, 4) is 0 Å². The predicted molar refractivity (Wildman–Crippen MR) is 95.0 cm³/mol. The zero-order valence-electron chi connectivity index (χ0n) is 15.6. The first-order chi connectivity index (χ1) is 11.3. The van der Waals surface area contributed by atoms with Crippen molar-refractivity contribution in [2.45, 2.75) is 77.9 Å². The van der Waals surface area contributed by atoms with Crippen LogP contribution in [-0.2, 0) is 18.5 Å². The number of rotatable bonds is 5. The van der Waals surface area contributed by atoms with Gasteiger partial charge in [0.15, 0.2) is 0 Å². The number of likely N-dealkylation sites (tertiary alicyclic amines) is 1. The first-order valence-electron chi connectivity index (χ1n) is 9.05. The SMILES string of the molecule is CC(C)c1nccn1C[C@H]1CCCN1Cc1ncc(C(C)(C)C)o1. The lowest BCUT2D eigenvalue weighted by Gasteiger charge is -2.24. The van der Waals surface area contributed by atoms with Crippen LogP contribution in [-0.4, -0.2) is 32.0 Å². The van der Waals surface area contributed by atoms with Crippen LogP contribution >= 0.6 is 0 Å². The second kappa shape index (κ2) is 6.71. The maximum absolute atomic E-state index is 5.98. The van der Waals surface area contributed by atoms with Gasteiger partial charge in [-0.05, 0) is 19.4 Å². The van der Waals surface area contributed by atoms with E-state index in [1.807, 2.05) is 12.4 Å². The van der Waals surface area contributed by atoms with Crippen molar-refractivity contribution in [3.63, 3.8) is 0 Å². The molecule has 0 saturated carbocycles. The molecule has 0 unspecified atom stereocenters. The second-order valence-electron chi connectivity index (χ2n) is 8.23. The number of hydrogen-bond donors (Lipinski definition) is 0. The van der Waals surface area contributed by atoms with Gasteiger partial charge >= 0.3 is 0 Å². The van der Waals surface area contributed by atoms with Gasteiger partial charge in [-0.15, -0.1) is 0 Å². The molecular formula is C19H30N4O. The van der Waals surface area contributed by atoms with E-state index in [4.69, 9.17) is 4.42 Å². The summed E-state index contributed by atoms with van der Waals surface area (Å²) >= 11 is 0. The van der Waals surface area contributed by atoms with Gasteiger partial charge in [-0.25, -0.2) is 9.97 Å². The van der Waals surface area contributed by atoms with Crippen LogP contribution in [0.2, 0.25) is 0 Å². The van der Waals surface area contributed by atoms with Crippen molar-refractivity contribution in [3.05, 3.63) is 36.1 Å². The highest BCUT2D eigenvalue weighted by atomic mass is 16.4. The van der Waals surface area contributed by atoms with Crippen LogP contribution in [0.15, 0.2) is 23.0 Å². The molecule has 2 aromatic heterocycles. The Morgan fingerprint density at radius 3 is 2.75 bits per heavy atom. The van der Waals surface area contributed by atoms with E-state index in [1.165, 1.54) is 18.7 Å². The van der Waals surface area contributed by atoms with E-state index in [1.54, 1.807) is 0 Å². The van der Waals surface area contributed by atoms with Gasteiger partial charge in [-0.3, -0.25) is 4.90 Å². The smallest absolute Gasteiger partial charge is 0.208 e. The van der Waals surface area contributed by atoms with Gasteiger partial charge in [-0.2, -0.15) is 0 Å². The lowest BCUT2D eigenvalue weighted by atomic mass is 9.94. The largest absolute Gasteiger partial charge is 0.444 e. The average Bonchev–Trinajstić information content (AvgIpc) is 3.20. The molecule has 3 heterocycles. The Morgan fingerprint density at radius 1 is 1.29 bits per heavy atom. The minimum absolute atomic E-state index is 0.0125. The molecule has 132 valence electrons. The fraction of sp³-hybridized carbons (Fsp3) is 0.684. The first-order valence-corrected chi connectivity index (χ1v) is 9.05. The zero-order valence-corrected chi connectivity index (χ0v) is 15.6. The molecule has 1 aliphatic rings. The third-order valence-corrected chi connectivity index (χ3v) is 4.80. The molecule has 2 aromatic rings. The molecule has 1 saturated heterocycles. The summed E-state index contributed by atoms with van der Waals surface area (Å²) in [6, 6.07) is 0.529. The molecule has 0 amide bonds. The summed E-state index contributed by atoms with van der Waals surface area (Å²) in [7, 11) is 0. The summed E-state index contributed by atoms with van der Waals surface area (Å²) in [5, 5.41) is 0. The van der Waals surface area contributed by atoms with Gasteiger partial charge in [-0.1, -0.05) is 34.6 Å². The Labute approximate surface area is 145 Å². The third kappa shape index (κ3) is 3.72. The number of hydrogen-bond acceptors (Lipinski definition) is 4. The lowest BCUT2D eigenvalue weighted by Crippen LogP contribution is -2.33. The minimum atomic E-state index is 0.0125. The quantitative estimate of drug-likeness (QED) is 0.832. The van der Waals surface area contributed by atoms with Gasteiger partial charge in [0.1, 0.15) is 11.6 Å². The van der Waals surface area contributed by atoms with Crippen LogP contribution in [0, 0.1) is 0 Å². The number of imidazole rings is 1. The number of oxazole rings is 1. The Kier molecular flexibility index (Phi) is 4.81. The number of nitrogens with zero attached hydrogens (tertiary/aromatic N) is 4. The molecule has 1 atom stereocenters. The maximum Gasteiger partial charge on any atom is 0.208 e. The summed E-state index contributed by atoms with van der Waals surface area (Å²) in [5.74, 6) is 3.43. The molecule has 24 heavy (non-hydrogen) atoms. The van der Waals surface area contributed by atoms with Crippen LogP contribution in [0.4, 0.5) is 0 Å². The lowest BCUT2D eigenvalue weighted by molar-refractivity contribution is 0.199. The van der Waals surface area contributed by atoms with E-state index in [2.05, 4.69) is 60.3 Å². The topological polar surface area (TPSA) is 47.1 Å². The molecule has 0 aromatic carbocycles. The molecule has 0 aliphatic carbocycles. The van der Waals surface area contributed by atoms with E-state index in [9.17, 15) is 0 Å². The van der Waals surface area contributed by atoms with E-state index in [0.717, 1.165) is 31.3 Å². The van der Waals surface area contributed by atoms with Crippen LogP contribution in [0.1, 0.15) is 70.9 Å². The molecule has 1 fully saturated rings. The normalized spacial score (nSPS) is 19.5. The summed E-state index contributed by atoms with van der Waals surface area (Å²) in [4.78, 5) is 11.5. The highest BCUT2D eigenvalue weighted by molar-refractivity contribution is 5.06. The van der Waals surface area contributed by atoms with E-state index in [0.29, 0.717) is 12.0 Å². The third-order valence-electron chi connectivity index (χ3n) is 4.80. The first kappa shape index (κ1) is 17.2. The Hall–Kier alpha value is -1.62. The van der Waals surface area contributed by atoms with E-state index >= 15 is 0 Å². The van der Waals surface area contributed by atoms with Crippen molar-refractivity contribution in [2.75, 3.05) is 6.54 Å². The monoisotopic (exact) mass is 330 g/mol. The Morgan fingerprint density at radius 2 is 2.08 bits per heavy atom. The molecule has 0 radical (unpaired) electrons. The second-order valence-corrected chi connectivity index (χ2v) is 8.23. The number of aromatic nitrogens is 3. The molecule has 3 rings (SSSR count). The van der Waals surface area contributed by atoms with Crippen molar-refractivity contribution < 1.29 is 4.42 Å². The van der Waals surface area contributed by atoms with Crippen molar-refractivity contribution in [1.29, 1.82) is 0 Å². The predicted octanol–water partition coefficient (Wildman–Crippen LogP) is 3.96. The van der Waals surface area contributed by atoms with Gasteiger partial charge in [0, 0.05) is 36.3 Å². The van der Waals surface area contributed by atoms with Crippen LogP contribution in [0.5, 0.6) is 0 Å². The standard InChI is InChI=1S/C19H30N4O/c1-14(2)18-20-8-10-23(18)12-15-7-6-9-22(15)13-17-21-11-16(24-17)19(3,4)5/h8,10-11,14-15H,6-7,9,12-13H2,1-5H3/t15-/m1/s1. The Balaban J connectivity index is 1.67. The van der Waals surface area contributed by atoms with Crippen molar-refractivity contribution >= 4 is 0 Å². The molecule has 5 heteroatoms. The van der Waals surface area contributed by atoms with Crippen LogP contribution < -0.4 is 0 Å². The summed E-state index contributed by atoms with van der Waals surface area (Å²) < 4.78 is 8.29. The highest BCUT2D eigenvalue weighted by Gasteiger charge is 2.28. The highest BCUT2D eigenvalue weighted by Crippen LogP contribution is 2.26. The molecule has 1 aliphatic heterocycles. The molecular weight excluding hydrogens is 300 g/mol. The fourth-order valence-electron chi connectivity index (χ4n) is 3.42. The minimum Gasteiger partial charge on any atom is -0.444 e. The van der Waals surface area contributed by atoms with Gasteiger partial charge in [0.05, 0.1) is 12.7 Å². The van der Waals surface area contributed by atoms with Gasteiger partial charge < -0.3 is 8.98 Å². The summed E-state index contributed by atoms with van der Waals surface area (Å²) in [5.41, 5.74) is 0.0125. The molecule has 0 spiro atoms. The summed E-state index contributed by atoms with van der Waals surface area (Å²) in [6.07, 6.45) is 8.37. The van der Waals surface area contributed by atoms with E-state index in [-0.39, 0.29) is 5.41 Å². The maximum atomic E-state index is 5.98. The molecule has 0 N–H and O–H groups in total. The van der Waals surface area contributed by atoms with Gasteiger partial charge in [0.25, 0.3) is 0 Å². The Bertz CT molecular complexity index is 665. The average molecular weight is 330 g/mol. The van der Waals surface area contributed by atoms with Gasteiger partial charge in [0.2, 0.25) is 5.89 Å². The fourth-order valence-corrected chi connectivity index (χ4v) is 3.42. The van der Waals surface area contributed by atoms with E-state index < -0.39 is 0 Å². The summed E-state index contributed by atoms with van der Waals surface area (Å²) in [6.45, 7) is 13.8. The zero-order chi connectivity index (χ0) is 17.3. The molecule has 5 nitrogen and oxygen atoms in total. The van der Waals surface area contributed by atoms with Crippen molar-refractivity contribution in [1.82, 2.24) is 19.4 Å². The molecule has 0 bridgehead atoms.